The summed E-state index contributed by atoms with van der Waals surface area (Å²) in [4.78, 5) is 11.1. The number of hydrogen-bond acceptors (Lipinski definition) is 3. The van der Waals surface area contributed by atoms with E-state index in [9.17, 15) is 14.3 Å². The molecule has 0 aromatic heterocycles. The van der Waals surface area contributed by atoms with Crippen LogP contribution in [0.4, 0.5) is 4.39 Å². The van der Waals surface area contributed by atoms with Crippen LogP contribution in [-0.4, -0.2) is 17.7 Å². The fourth-order valence-electron chi connectivity index (χ4n) is 1.04. The Morgan fingerprint density at radius 2 is 2.33 bits per heavy atom. The van der Waals surface area contributed by atoms with E-state index < -0.39 is 17.9 Å². The van der Waals surface area contributed by atoms with Crippen LogP contribution >= 0.6 is 11.6 Å². The highest BCUT2D eigenvalue weighted by Gasteiger charge is 2.19. The van der Waals surface area contributed by atoms with Gasteiger partial charge >= 0.3 is 5.97 Å². The molecule has 0 aliphatic carbocycles. The van der Waals surface area contributed by atoms with Gasteiger partial charge in [0.1, 0.15) is 5.82 Å². The van der Waals surface area contributed by atoms with Crippen molar-refractivity contribution in [1.82, 2.24) is 0 Å². The number of aliphatic hydroxyl groups is 1. The molecule has 0 saturated heterocycles. The molecular weight excluding hydrogens is 223 g/mol. The Hall–Kier alpha value is -1.13. The third-order valence-corrected chi connectivity index (χ3v) is 2.06. The van der Waals surface area contributed by atoms with Gasteiger partial charge in [0.15, 0.2) is 6.10 Å². The van der Waals surface area contributed by atoms with Crippen LogP contribution < -0.4 is 0 Å². The van der Waals surface area contributed by atoms with Crippen LogP contribution in [0.5, 0.6) is 0 Å². The minimum absolute atomic E-state index is 0.143. The fourth-order valence-corrected chi connectivity index (χ4v) is 1.23. The van der Waals surface area contributed by atoms with Crippen molar-refractivity contribution in [1.29, 1.82) is 0 Å². The molecule has 0 fully saturated rings. The van der Waals surface area contributed by atoms with Crippen LogP contribution in [-0.2, 0) is 9.53 Å². The number of benzene rings is 1. The lowest BCUT2D eigenvalue weighted by atomic mass is 10.1. The zero-order valence-electron chi connectivity index (χ0n) is 8.04. The van der Waals surface area contributed by atoms with Crippen molar-refractivity contribution < 1.29 is 19.0 Å². The maximum Gasteiger partial charge on any atom is 0.339 e. The average Bonchev–Trinajstić information content (AvgIpc) is 2.21. The summed E-state index contributed by atoms with van der Waals surface area (Å²) < 4.78 is 17.4. The van der Waals surface area contributed by atoms with Crippen molar-refractivity contribution >= 4 is 17.6 Å². The van der Waals surface area contributed by atoms with Gasteiger partial charge in [-0.2, -0.15) is 0 Å². The Labute approximate surface area is 91.4 Å². The highest BCUT2D eigenvalue weighted by atomic mass is 35.5. The molecule has 0 amide bonds. The van der Waals surface area contributed by atoms with Crippen LogP contribution in [0.1, 0.15) is 18.6 Å². The molecule has 0 saturated carbocycles. The molecule has 0 heterocycles. The second kappa shape index (κ2) is 5.09. The molecule has 0 aliphatic heterocycles. The third-order valence-electron chi connectivity index (χ3n) is 1.77. The molecule has 1 atom stereocenters. The molecule has 0 radical (unpaired) electrons. The molecule has 1 unspecified atom stereocenters. The standard InChI is InChI=1S/C10H10ClFO3/c1-2-15-10(14)9(13)6-3-4-8(12)7(11)5-6/h3-5,9,13H,2H2,1H3. The SMILES string of the molecule is CCOC(=O)C(O)c1ccc(F)c(Cl)c1. The minimum Gasteiger partial charge on any atom is -0.464 e. The molecule has 0 aliphatic rings. The summed E-state index contributed by atoms with van der Waals surface area (Å²) in [6, 6.07) is 3.56. The van der Waals surface area contributed by atoms with E-state index in [-0.39, 0.29) is 17.2 Å². The predicted octanol–water partition coefficient (Wildman–Crippen LogP) is 2.08. The topological polar surface area (TPSA) is 46.5 Å². The Morgan fingerprint density at radius 1 is 1.67 bits per heavy atom. The van der Waals surface area contributed by atoms with Crippen LogP contribution in [0.25, 0.3) is 0 Å². The van der Waals surface area contributed by atoms with Gasteiger partial charge in [0.2, 0.25) is 0 Å². The number of hydrogen-bond donors (Lipinski definition) is 1. The lowest BCUT2D eigenvalue weighted by molar-refractivity contribution is -0.153. The van der Waals surface area contributed by atoms with E-state index in [1.165, 1.54) is 12.1 Å². The number of carbonyl (C=O) groups excluding carboxylic acids is 1. The summed E-state index contributed by atoms with van der Waals surface area (Å²) in [6.45, 7) is 1.80. The fraction of sp³-hybridized carbons (Fsp3) is 0.300. The average molecular weight is 233 g/mol. The Balaban J connectivity index is 2.86. The number of ether oxygens (including phenoxy) is 1. The van der Waals surface area contributed by atoms with Gasteiger partial charge < -0.3 is 9.84 Å². The number of aliphatic hydroxyl groups excluding tert-OH is 1. The van der Waals surface area contributed by atoms with Gasteiger partial charge in [0, 0.05) is 0 Å². The minimum atomic E-state index is -1.43. The quantitative estimate of drug-likeness (QED) is 0.812. The van der Waals surface area contributed by atoms with Crippen molar-refractivity contribution in [3.63, 3.8) is 0 Å². The van der Waals surface area contributed by atoms with Crippen LogP contribution in [0.15, 0.2) is 18.2 Å². The largest absolute Gasteiger partial charge is 0.464 e. The monoisotopic (exact) mass is 232 g/mol. The lowest BCUT2D eigenvalue weighted by Gasteiger charge is -2.10. The van der Waals surface area contributed by atoms with E-state index in [0.717, 1.165) is 6.07 Å². The molecule has 1 aromatic rings. The van der Waals surface area contributed by atoms with Crippen molar-refractivity contribution in [2.75, 3.05) is 6.61 Å². The van der Waals surface area contributed by atoms with E-state index in [1.54, 1.807) is 6.92 Å². The maximum atomic E-state index is 12.8. The van der Waals surface area contributed by atoms with Gasteiger partial charge in [-0.3, -0.25) is 0 Å². The molecule has 0 spiro atoms. The summed E-state index contributed by atoms with van der Waals surface area (Å²) in [5.41, 5.74) is 0.208. The first-order chi connectivity index (χ1) is 7.06. The molecule has 1 aromatic carbocycles. The molecule has 1 rings (SSSR count). The normalized spacial score (nSPS) is 12.3. The molecule has 3 nitrogen and oxygen atoms in total. The van der Waals surface area contributed by atoms with E-state index in [4.69, 9.17) is 11.6 Å². The van der Waals surface area contributed by atoms with Crippen molar-refractivity contribution in [3.8, 4) is 0 Å². The number of carbonyl (C=O) groups is 1. The van der Waals surface area contributed by atoms with Gasteiger partial charge in [-0.15, -0.1) is 0 Å². The number of halogens is 2. The van der Waals surface area contributed by atoms with E-state index in [0.29, 0.717) is 0 Å². The first-order valence-corrected chi connectivity index (χ1v) is 4.73. The van der Waals surface area contributed by atoms with Crippen molar-refractivity contribution in [2.45, 2.75) is 13.0 Å². The third kappa shape index (κ3) is 2.91. The van der Waals surface area contributed by atoms with Crippen LogP contribution in [0.2, 0.25) is 5.02 Å². The smallest absolute Gasteiger partial charge is 0.339 e. The highest BCUT2D eigenvalue weighted by Crippen LogP contribution is 2.21. The second-order valence-corrected chi connectivity index (χ2v) is 3.24. The van der Waals surface area contributed by atoms with Crippen molar-refractivity contribution in [3.05, 3.63) is 34.6 Å². The maximum absolute atomic E-state index is 12.8. The Morgan fingerprint density at radius 3 is 2.87 bits per heavy atom. The van der Waals surface area contributed by atoms with Gasteiger partial charge in [0.25, 0.3) is 0 Å². The highest BCUT2D eigenvalue weighted by molar-refractivity contribution is 6.30. The van der Waals surface area contributed by atoms with Crippen LogP contribution in [0.3, 0.4) is 0 Å². The first-order valence-electron chi connectivity index (χ1n) is 4.36. The summed E-state index contributed by atoms with van der Waals surface area (Å²) in [7, 11) is 0. The number of esters is 1. The molecule has 82 valence electrons. The van der Waals surface area contributed by atoms with Gasteiger partial charge in [-0.05, 0) is 24.6 Å². The lowest BCUT2D eigenvalue weighted by Crippen LogP contribution is -2.15. The summed E-state index contributed by atoms with van der Waals surface area (Å²) in [6.07, 6.45) is -1.43. The zero-order valence-corrected chi connectivity index (χ0v) is 8.79. The Kier molecular flexibility index (Phi) is 4.05. The number of rotatable bonds is 3. The molecule has 15 heavy (non-hydrogen) atoms. The van der Waals surface area contributed by atoms with Crippen molar-refractivity contribution in [2.24, 2.45) is 0 Å². The van der Waals surface area contributed by atoms with E-state index in [2.05, 4.69) is 4.74 Å². The van der Waals surface area contributed by atoms with E-state index >= 15 is 0 Å². The Bertz CT molecular complexity index is 368. The van der Waals surface area contributed by atoms with E-state index in [1.807, 2.05) is 0 Å². The zero-order chi connectivity index (χ0) is 11.4. The summed E-state index contributed by atoms with van der Waals surface area (Å²) in [5, 5.41) is 9.34. The van der Waals surface area contributed by atoms with Gasteiger partial charge in [-0.1, -0.05) is 17.7 Å². The second-order valence-electron chi connectivity index (χ2n) is 2.83. The molecule has 1 N–H and O–H groups in total. The molecular formula is C10H10ClFO3. The predicted molar refractivity (Wildman–Crippen MR) is 53.0 cm³/mol. The molecule has 0 bridgehead atoms. The van der Waals surface area contributed by atoms with Gasteiger partial charge in [-0.25, -0.2) is 9.18 Å². The first kappa shape index (κ1) is 11.9. The molecule has 5 heteroatoms. The van der Waals surface area contributed by atoms with Crippen LogP contribution in [0, 0.1) is 5.82 Å². The summed E-state index contributed by atoms with van der Waals surface area (Å²) in [5.74, 6) is -1.38. The summed E-state index contributed by atoms with van der Waals surface area (Å²) >= 11 is 5.50. The van der Waals surface area contributed by atoms with Gasteiger partial charge in [0.05, 0.1) is 11.6 Å².